The van der Waals surface area contributed by atoms with Crippen LogP contribution in [0.15, 0.2) is 18.2 Å². The van der Waals surface area contributed by atoms with Crippen molar-refractivity contribution in [3.63, 3.8) is 0 Å². The van der Waals surface area contributed by atoms with E-state index in [9.17, 15) is 13.2 Å². The summed E-state index contributed by atoms with van der Waals surface area (Å²) in [6.45, 7) is 3.77. The van der Waals surface area contributed by atoms with E-state index in [2.05, 4.69) is 4.98 Å². The lowest BCUT2D eigenvalue weighted by Crippen LogP contribution is -2.41. The van der Waals surface area contributed by atoms with E-state index < -0.39 is 17.4 Å². The van der Waals surface area contributed by atoms with Gasteiger partial charge in [-0.1, -0.05) is 13.0 Å². The van der Waals surface area contributed by atoms with Crippen LogP contribution in [0.2, 0.25) is 0 Å². The number of alkyl halides is 3. The van der Waals surface area contributed by atoms with Gasteiger partial charge < -0.3 is 10.5 Å². The van der Waals surface area contributed by atoms with Gasteiger partial charge in [0.25, 0.3) is 0 Å². The van der Waals surface area contributed by atoms with Crippen LogP contribution in [0.4, 0.5) is 13.2 Å². The molecule has 0 fully saturated rings. The predicted octanol–water partition coefficient (Wildman–Crippen LogP) is 2.61. The SMILES string of the molecule is CCC(C)(N)COc1cccc(C(F)(F)F)n1. The molecule has 0 amide bonds. The van der Waals surface area contributed by atoms with Crippen LogP contribution in [0, 0.1) is 0 Å². The minimum atomic E-state index is -4.46. The van der Waals surface area contributed by atoms with E-state index in [0.29, 0.717) is 6.42 Å². The molecule has 1 atom stereocenters. The van der Waals surface area contributed by atoms with E-state index >= 15 is 0 Å². The number of hydrogen-bond acceptors (Lipinski definition) is 3. The van der Waals surface area contributed by atoms with Gasteiger partial charge in [0.2, 0.25) is 5.88 Å². The number of aromatic nitrogens is 1. The fourth-order valence-corrected chi connectivity index (χ4v) is 0.994. The minimum Gasteiger partial charge on any atom is -0.476 e. The average molecular weight is 248 g/mol. The minimum absolute atomic E-state index is 0.0649. The molecule has 17 heavy (non-hydrogen) atoms. The van der Waals surface area contributed by atoms with Crippen LogP contribution < -0.4 is 10.5 Å². The zero-order valence-electron chi connectivity index (χ0n) is 9.71. The molecular weight excluding hydrogens is 233 g/mol. The zero-order chi connectivity index (χ0) is 13.1. The highest BCUT2D eigenvalue weighted by Crippen LogP contribution is 2.28. The maximum Gasteiger partial charge on any atom is 0.433 e. The van der Waals surface area contributed by atoms with Gasteiger partial charge in [0, 0.05) is 11.6 Å². The predicted molar refractivity (Wildman–Crippen MR) is 57.6 cm³/mol. The largest absolute Gasteiger partial charge is 0.476 e. The summed E-state index contributed by atoms with van der Waals surface area (Å²) in [5.41, 5.74) is 4.27. The van der Waals surface area contributed by atoms with Crippen molar-refractivity contribution in [1.29, 1.82) is 0 Å². The monoisotopic (exact) mass is 248 g/mol. The quantitative estimate of drug-likeness (QED) is 0.891. The number of pyridine rings is 1. The highest BCUT2D eigenvalue weighted by molar-refractivity contribution is 5.17. The van der Waals surface area contributed by atoms with Crippen molar-refractivity contribution in [3.8, 4) is 5.88 Å². The van der Waals surface area contributed by atoms with Crippen molar-refractivity contribution >= 4 is 0 Å². The first kappa shape index (κ1) is 13.8. The summed E-state index contributed by atoms with van der Waals surface area (Å²) in [7, 11) is 0. The summed E-state index contributed by atoms with van der Waals surface area (Å²) in [6, 6.07) is 3.53. The van der Waals surface area contributed by atoms with Gasteiger partial charge in [-0.05, 0) is 19.4 Å². The van der Waals surface area contributed by atoms with E-state index in [4.69, 9.17) is 10.5 Å². The van der Waals surface area contributed by atoms with Gasteiger partial charge in [-0.3, -0.25) is 0 Å². The van der Waals surface area contributed by atoms with Crippen molar-refractivity contribution in [2.75, 3.05) is 6.61 Å². The number of nitrogens with zero attached hydrogens (tertiary/aromatic N) is 1. The molecule has 0 aromatic carbocycles. The summed E-state index contributed by atoms with van der Waals surface area (Å²) in [5, 5.41) is 0. The van der Waals surface area contributed by atoms with E-state index in [1.54, 1.807) is 6.92 Å². The first-order valence-corrected chi connectivity index (χ1v) is 5.20. The number of nitrogens with two attached hydrogens (primary N) is 1. The third kappa shape index (κ3) is 4.22. The fourth-order valence-electron chi connectivity index (χ4n) is 0.994. The van der Waals surface area contributed by atoms with Crippen LogP contribution in [0.5, 0.6) is 5.88 Å². The second-order valence-corrected chi connectivity index (χ2v) is 4.16. The van der Waals surface area contributed by atoms with Gasteiger partial charge in [-0.25, -0.2) is 4.98 Å². The lowest BCUT2D eigenvalue weighted by atomic mass is 10.0. The Labute approximate surface area is 97.8 Å². The van der Waals surface area contributed by atoms with Crippen LogP contribution in [-0.4, -0.2) is 17.1 Å². The molecule has 0 saturated carbocycles. The van der Waals surface area contributed by atoms with Crippen LogP contribution in [0.3, 0.4) is 0 Å². The second kappa shape index (κ2) is 4.91. The molecule has 1 aromatic heterocycles. The van der Waals surface area contributed by atoms with Gasteiger partial charge in [0.15, 0.2) is 0 Å². The molecule has 0 bridgehead atoms. The Morgan fingerprint density at radius 1 is 1.35 bits per heavy atom. The molecule has 0 spiro atoms. The van der Waals surface area contributed by atoms with Gasteiger partial charge in [-0.15, -0.1) is 0 Å². The van der Waals surface area contributed by atoms with Gasteiger partial charge in [0.05, 0.1) is 0 Å². The Kier molecular flexibility index (Phi) is 3.98. The Balaban J connectivity index is 2.74. The molecule has 1 rings (SSSR count). The van der Waals surface area contributed by atoms with Gasteiger partial charge >= 0.3 is 6.18 Å². The molecule has 0 aliphatic carbocycles. The van der Waals surface area contributed by atoms with Gasteiger partial charge in [0.1, 0.15) is 12.3 Å². The molecular formula is C11H15F3N2O. The Hall–Kier alpha value is -1.30. The molecule has 3 nitrogen and oxygen atoms in total. The molecule has 1 heterocycles. The molecule has 96 valence electrons. The second-order valence-electron chi connectivity index (χ2n) is 4.16. The Morgan fingerprint density at radius 2 is 2.00 bits per heavy atom. The van der Waals surface area contributed by atoms with E-state index in [0.717, 1.165) is 6.07 Å². The highest BCUT2D eigenvalue weighted by atomic mass is 19.4. The van der Waals surface area contributed by atoms with Crippen LogP contribution in [0.25, 0.3) is 0 Å². The van der Waals surface area contributed by atoms with Crippen LogP contribution in [0.1, 0.15) is 26.0 Å². The standard InChI is InChI=1S/C11H15F3N2O/c1-3-10(2,15)7-17-9-6-4-5-8(16-9)11(12,13)14/h4-6H,3,7,15H2,1-2H3. The molecule has 1 unspecified atom stereocenters. The Morgan fingerprint density at radius 3 is 2.53 bits per heavy atom. The summed E-state index contributed by atoms with van der Waals surface area (Å²) in [4.78, 5) is 3.38. The molecule has 1 aromatic rings. The molecule has 0 aliphatic heterocycles. The smallest absolute Gasteiger partial charge is 0.433 e. The van der Waals surface area contributed by atoms with Crippen molar-refractivity contribution in [3.05, 3.63) is 23.9 Å². The Bertz CT molecular complexity index is 377. The average Bonchev–Trinajstić information content (AvgIpc) is 2.26. The van der Waals surface area contributed by atoms with Gasteiger partial charge in [-0.2, -0.15) is 13.2 Å². The molecule has 0 aliphatic rings. The number of hydrogen-bond donors (Lipinski definition) is 1. The fraction of sp³-hybridized carbons (Fsp3) is 0.545. The van der Waals surface area contributed by atoms with E-state index in [1.165, 1.54) is 12.1 Å². The first-order chi connectivity index (χ1) is 7.74. The van der Waals surface area contributed by atoms with Crippen molar-refractivity contribution in [2.45, 2.75) is 32.0 Å². The molecule has 0 radical (unpaired) electrons. The molecule has 2 N–H and O–H groups in total. The summed E-state index contributed by atoms with van der Waals surface area (Å²) >= 11 is 0. The van der Waals surface area contributed by atoms with E-state index in [-0.39, 0.29) is 12.5 Å². The number of ether oxygens (including phenoxy) is 1. The van der Waals surface area contributed by atoms with E-state index in [1.807, 2.05) is 6.92 Å². The van der Waals surface area contributed by atoms with Crippen LogP contribution >= 0.6 is 0 Å². The number of rotatable bonds is 4. The van der Waals surface area contributed by atoms with Crippen molar-refractivity contribution in [1.82, 2.24) is 4.98 Å². The summed E-state index contributed by atoms with van der Waals surface area (Å²) in [5.74, 6) is -0.0649. The summed E-state index contributed by atoms with van der Waals surface area (Å²) < 4.78 is 42.3. The molecule has 6 heteroatoms. The summed E-state index contributed by atoms with van der Waals surface area (Å²) in [6.07, 6.45) is -3.80. The highest BCUT2D eigenvalue weighted by Gasteiger charge is 2.32. The number of halogens is 3. The lowest BCUT2D eigenvalue weighted by molar-refractivity contribution is -0.141. The maximum atomic E-state index is 12.4. The van der Waals surface area contributed by atoms with Crippen LogP contribution in [-0.2, 0) is 6.18 Å². The van der Waals surface area contributed by atoms with Crippen molar-refractivity contribution in [2.24, 2.45) is 5.73 Å². The normalized spacial score (nSPS) is 15.4. The molecule has 0 saturated heterocycles. The lowest BCUT2D eigenvalue weighted by Gasteiger charge is -2.22. The topological polar surface area (TPSA) is 48.1 Å². The zero-order valence-corrected chi connectivity index (χ0v) is 9.71. The first-order valence-electron chi connectivity index (χ1n) is 5.20. The third-order valence-electron chi connectivity index (χ3n) is 2.37. The van der Waals surface area contributed by atoms with Crippen molar-refractivity contribution < 1.29 is 17.9 Å². The third-order valence-corrected chi connectivity index (χ3v) is 2.37. The maximum absolute atomic E-state index is 12.4.